The summed E-state index contributed by atoms with van der Waals surface area (Å²) in [6.45, 7) is 0. The fraction of sp³-hybridized carbons (Fsp3) is 0. The van der Waals surface area contributed by atoms with Gasteiger partial charge in [0.1, 0.15) is 5.15 Å². The summed E-state index contributed by atoms with van der Waals surface area (Å²) in [5.74, 6) is 0.813. The Morgan fingerprint density at radius 3 is 2.68 bits per heavy atom. The summed E-state index contributed by atoms with van der Waals surface area (Å²) < 4.78 is 5.21. The number of aromatic nitrogens is 3. The number of hydrogen-bond acceptors (Lipinski definition) is 4. The maximum Gasteiger partial charge on any atom is 0.258 e. The highest BCUT2D eigenvalue weighted by atomic mass is 35.5. The summed E-state index contributed by atoms with van der Waals surface area (Å²) in [4.78, 5) is 8.20. The first-order valence-corrected chi connectivity index (χ1v) is 6.20. The molecule has 3 aromatic rings. The van der Waals surface area contributed by atoms with E-state index in [1.165, 1.54) is 0 Å². The Labute approximate surface area is 119 Å². The number of benzene rings is 1. The minimum atomic E-state index is 0.370. The lowest BCUT2D eigenvalue weighted by Crippen LogP contribution is -1.83. The van der Waals surface area contributed by atoms with Gasteiger partial charge in [0.25, 0.3) is 5.89 Å². The molecule has 0 saturated heterocycles. The van der Waals surface area contributed by atoms with Crippen LogP contribution in [-0.4, -0.2) is 15.1 Å². The van der Waals surface area contributed by atoms with Crippen molar-refractivity contribution in [2.24, 2.45) is 0 Å². The monoisotopic (exact) mass is 291 g/mol. The molecule has 0 N–H and O–H groups in total. The lowest BCUT2D eigenvalue weighted by Gasteiger charge is -1.96. The third-order valence-corrected chi connectivity index (χ3v) is 3.05. The number of pyridine rings is 1. The molecule has 1 aromatic carbocycles. The van der Waals surface area contributed by atoms with Crippen molar-refractivity contribution in [1.29, 1.82) is 0 Å². The van der Waals surface area contributed by atoms with E-state index in [0.29, 0.717) is 27.5 Å². The summed E-state index contributed by atoms with van der Waals surface area (Å²) in [7, 11) is 0. The molecule has 2 heterocycles. The minimum Gasteiger partial charge on any atom is -0.334 e. The minimum absolute atomic E-state index is 0.370. The Morgan fingerprint density at radius 2 is 1.89 bits per heavy atom. The number of nitrogens with zero attached hydrogens (tertiary/aromatic N) is 3. The molecule has 6 heteroatoms. The molecule has 0 aliphatic rings. The maximum absolute atomic E-state index is 6.09. The van der Waals surface area contributed by atoms with E-state index in [2.05, 4.69) is 15.1 Å². The molecule has 0 spiro atoms. The van der Waals surface area contributed by atoms with E-state index >= 15 is 0 Å². The summed E-state index contributed by atoms with van der Waals surface area (Å²) in [5.41, 5.74) is 1.44. The SMILES string of the molecule is Clc1cc(-c2nc(-c3ccccc3Cl)no2)ccn1. The van der Waals surface area contributed by atoms with Gasteiger partial charge in [-0.05, 0) is 24.3 Å². The third kappa shape index (κ3) is 2.45. The van der Waals surface area contributed by atoms with Crippen molar-refractivity contribution >= 4 is 23.2 Å². The van der Waals surface area contributed by atoms with E-state index in [-0.39, 0.29) is 0 Å². The van der Waals surface area contributed by atoms with Crippen LogP contribution in [0.15, 0.2) is 47.1 Å². The first kappa shape index (κ1) is 12.1. The Morgan fingerprint density at radius 1 is 1.05 bits per heavy atom. The van der Waals surface area contributed by atoms with Crippen molar-refractivity contribution in [2.45, 2.75) is 0 Å². The topological polar surface area (TPSA) is 51.8 Å². The molecule has 19 heavy (non-hydrogen) atoms. The summed E-state index contributed by atoms with van der Waals surface area (Å²) in [5, 5.41) is 4.86. The normalized spacial score (nSPS) is 10.6. The molecule has 3 rings (SSSR count). The van der Waals surface area contributed by atoms with E-state index in [0.717, 1.165) is 5.56 Å². The van der Waals surface area contributed by atoms with Crippen LogP contribution >= 0.6 is 23.2 Å². The average molecular weight is 292 g/mol. The highest BCUT2D eigenvalue weighted by Gasteiger charge is 2.13. The summed E-state index contributed by atoms with van der Waals surface area (Å²) in [6, 6.07) is 10.7. The van der Waals surface area contributed by atoms with Crippen molar-refractivity contribution in [1.82, 2.24) is 15.1 Å². The van der Waals surface area contributed by atoms with Crippen LogP contribution in [0.1, 0.15) is 0 Å². The van der Waals surface area contributed by atoms with Crippen molar-refractivity contribution in [2.75, 3.05) is 0 Å². The van der Waals surface area contributed by atoms with Gasteiger partial charge < -0.3 is 4.52 Å². The molecular formula is C13H7Cl2N3O. The van der Waals surface area contributed by atoms with Crippen LogP contribution < -0.4 is 0 Å². The first-order chi connectivity index (χ1) is 9.24. The van der Waals surface area contributed by atoms with Crippen molar-refractivity contribution in [3.05, 3.63) is 52.8 Å². The first-order valence-electron chi connectivity index (χ1n) is 5.44. The van der Waals surface area contributed by atoms with Gasteiger partial charge in [0, 0.05) is 17.3 Å². The third-order valence-electron chi connectivity index (χ3n) is 2.51. The van der Waals surface area contributed by atoms with Crippen LogP contribution in [0.5, 0.6) is 0 Å². The fourth-order valence-electron chi connectivity index (χ4n) is 1.63. The number of halogens is 2. The predicted molar refractivity (Wildman–Crippen MR) is 73.0 cm³/mol. The standard InChI is InChI=1S/C13H7Cl2N3O/c14-10-4-2-1-3-9(10)12-17-13(19-18-12)8-5-6-16-11(15)7-8/h1-7H. The lowest BCUT2D eigenvalue weighted by molar-refractivity contribution is 0.432. The van der Waals surface area contributed by atoms with Gasteiger partial charge in [-0.1, -0.05) is 40.5 Å². The summed E-state index contributed by atoms with van der Waals surface area (Å²) in [6.07, 6.45) is 1.58. The Balaban J connectivity index is 2.03. The molecule has 0 saturated carbocycles. The molecule has 0 amide bonds. The van der Waals surface area contributed by atoms with Crippen LogP contribution in [0, 0.1) is 0 Å². The zero-order valence-electron chi connectivity index (χ0n) is 9.55. The number of hydrogen-bond donors (Lipinski definition) is 0. The van der Waals surface area contributed by atoms with Gasteiger partial charge in [-0.15, -0.1) is 0 Å². The molecule has 0 bridgehead atoms. The zero-order chi connectivity index (χ0) is 13.2. The number of rotatable bonds is 2. The molecular weight excluding hydrogens is 285 g/mol. The molecule has 0 atom stereocenters. The van der Waals surface area contributed by atoms with Crippen molar-refractivity contribution < 1.29 is 4.52 Å². The average Bonchev–Trinajstić information content (AvgIpc) is 2.89. The predicted octanol–water partition coefficient (Wildman–Crippen LogP) is 4.11. The van der Waals surface area contributed by atoms with Crippen molar-refractivity contribution in [3.8, 4) is 22.8 Å². The van der Waals surface area contributed by atoms with E-state index in [1.54, 1.807) is 24.4 Å². The van der Waals surface area contributed by atoms with Gasteiger partial charge in [-0.2, -0.15) is 4.98 Å². The van der Waals surface area contributed by atoms with Crippen LogP contribution in [0.3, 0.4) is 0 Å². The Kier molecular flexibility index (Phi) is 3.19. The van der Waals surface area contributed by atoms with Gasteiger partial charge in [0.15, 0.2) is 0 Å². The lowest BCUT2D eigenvalue weighted by atomic mass is 10.2. The largest absolute Gasteiger partial charge is 0.334 e. The van der Waals surface area contributed by atoms with E-state index in [9.17, 15) is 0 Å². The second-order valence-electron chi connectivity index (χ2n) is 3.77. The molecule has 0 unspecified atom stereocenters. The van der Waals surface area contributed by atoms with Crippen LogP contribution in [0.4, 0.5) is 0 Å². The molecule has 2 aromatic heterocycles. The van der Waals surface area contributed by atoms with Crippen LogP contribution in [0.25, 0.3) is 22.8 Å². The van der Waals surface area contributed by atoms with E-state index in [1.807, 2.05) is 18.2 Å². The molecule has 94 valence electrons. The second kappa shape index (κ2) is 4.99. The molecule has 4 nitrogen and oxygen atoms in total. The Bertz CT molecular complexity index is 727. The highest BCUT2D eigenvalue weighted by Crippen LogP contribution is 2.27. The van der Waals surface area contributed by atoms with Gasteiger partial charge in [-0.3, -0.25) is 0 Å². The molecule has 0 aliphatic heterocycles. The van der Waals surface area contributed by atoms with Crippen LogP contribution in [-0.2, 0) is 0 Å². The summed E-state index contributed by atoms with van der Waals surface area (Å²) >= 11 is 11.9. The highest BCUT2D eigenvalue weighted by molar-refractivity contribution is 6.33. The van der Waals surface area contributed by atoms with Gasteiger partial charge >= 0.3 is 0 Å². The zero-order valence-corrected chi connectivity index (χ0v) is 11.1. The maximum atomic E-state index is 6.09. The van der Waals surface area contributed by atoms with E-state index < -0.39 is 0 Å². The van der Waals surface area contributed by atoms with Crippen molar-refractivity contribution in [3.63, 3.8) is 0 Å². The van der Waals surface area contributed by atoms with Gasteiger partial charge in [0.2, 0.25) is 5.82 Å². The van der Waals surface area contributed by atoms with Gasteiger partial charge in [-0.25, -0.2) is 4.98 Å². The van der Waals surface area contributed by atoms with E-state index in [4.69, 9.17) is 27.7 Å². The quantitative estimate of drug-likeness (QED) is 0.667. The molecule has 0 aliphatic carbocycles. The Hall–Kier alpha value is -1.91. The molecule has 0 fully saturated rings. The van der Waals surface area contributed by atoms with Crippen LogP contribution in [0.2, 0.25) is 10.2 Å². The smallest absolute Gasteiger partial charge is 0.258 e. The fourth-order valence-corrected chi connectivity index (χ4v) is 2.02. The molecule has 0 radical (unpaired) electrons. The second-order valence-corrected chi connectivity index (χ2v) is 4.56. The van der Waals surface area contributed by atoms with Gasteiger partial charge in [0.05, 0.1) is 5.02 Å².